The highest BCUT2D eigenvalue weighted by atomic mass is 16.2. The van der Waals surface area contributed by atoms with Crippen molar-refractivity contribution in [3.05, 3.63) is 0 Å². The molecule has 0 aromatic heterocycles. The molecule has 1 N–H and O–H groups in total. The normalized spacial score (nSPS) is 37.9. The first kappa shape index (κ1) is 11.5. The summed E-state index contributed by atoms with van der Waals surface area (Å²) in [5, 5.41) is 3.33. The Kier molecular flexibility index (Phi) is 3.37. The lowest BCUT2D eigenvalue weighted by Gasteiger charge is -2.42. The predicted molar refractivity (Wildman–Crippen MR) is 67.7 cm³/mol. The minimum Gasteiger partial charge on any atom is -0.341 e. The molecule has 0 aromatic carbocycles. The van der Waals surface area contributed by atoms with Gasteiger partial charge in [-0.25, -0.2) is 0 Å². The molecule has 0 aromatic rings. The van der Waals surface area contributed by atoms with Gasteiger partial charge in [0.15, 0.2) is 0 Å². The molecule has 3 rings (SSSR count). The Morgan fingerprint density at radius 2 is 1.82 bits per heavy atom. The minimum absolute atomic E-state index is 0.134. The van der Waals surface area contributed by atoms with Gasteiger partial charge < -0.3 is 10.2 Å². The molecule has 96 valence electrons. The number of fused-ring (bicyclic) bond motifs is 1. The van der Waals surface area contributed by atoms with E-state index in [2.05, 4.69) is 10.2 Å². The van der Waals surface area contributed by atoms with Crippen LogP contribution in [0.5, 0.6) is 0 Å². The molecule has 17 heavy (non-hydrogen) atoms. The topological polar surface area (TPSA) is 32.3 Å². The van der Waals surface area contributed by atoms with Gasteiger partial charge in [0.25, 0.3) is 0 Å². The van der Waals surface area contributed by atoms with E-state index in [1.54, 1.807) is 0 Å². The van der Waals surface area contributed by atoms with Crippen LogP contribution in [0.1, 0.15) is 44.9 Å². The van der Waals surface area contributed by atoms with E-state index >= 15 is 0 Å². The smallest absolute Gasteiger partial charge is 0.239 e. The fourth-order valence-electron chi connectivity index (χ4n) is 3.92. The molecule has 2 saturated heterocycles. The molecule has 2 aliphatic heterocycles. The third kappa shape index (κ3) is 2.35. The van der Waals surface area contributed by atoms with Crippen LogP contribution >= 0.6 is 0 Å². The molecule has 0 radical (unpaired) electrons. The summed E-state index contributed by atoms with van der Waals surface area (Å²) in [5.74, 6) is 2.11. The molecule has 1 aliphatic carbocycles. The summed E-state index contributed by atoms with van der Waals surface area (Å²) in [6, 6.07) is 0.134. The number of nitrogens with zero attached hydrogens (tertiary/aromatic N) is 1. The number of piperidine rings is 1. The van der Waals surface area contributed by atoms with Crippen LogP contribution in [0.2, 0.25) is 0 Å². The Labute approximate surface area is 104 Å². The van der Waals surface area contributed by atoms with Crippen LogP contribution in [0.15, 0.2) is 0 Å². The summed E-state index contributed by atoms with van der Waals surface area (Å²) in [5.41, 5.74) is 0. The largest absolute Gasteiger partial charge is 0.341 e. The number of likely N-dealkylation sites (tertiary alicyclic amines) is 1. The van der Waals surface area contributed by atoms with Crippen molar-refractivity contribution in [3.63, 3.8) is 0 Å². The van der Waals surface area contributed by atoms with Gasteiger partial charge in [0, 0.05) is 13.1 Å². The van der Waals surface area contributed by atoms with Gasteiger partial charge in [-0.3, -0.25) is 4.79 Å². The highest BCUT2D eigenvalue weighted by molar-refractivity contribution is 5.82. The second kappa shape index (κ2) is 4.97. The Morgan fingerprint density at radius 1 is 1.00 bits per heavy atom. The Balaban J connectivity index is 1.59. The summed E-state index contributed by atoms with van der Waals surface area (Å²) < 4.78 is 0. The van der Waals surface area contributed by atoms with E-state index in [0.29, 0.717) is 5.91 Å². The van der Waals surface area contributed by atoms with E-state index in [9.17, 15) is 4.79 Å². The fraction of sp³-hybridized carbons (Fsp3) is 0.929. The van der Waals surface area contributed by atoms with E-state index in [0.717, 1.165) is 44.3 Å². The quantitative estimate of drug-likeness (QED) is 0.752. The van der Waals surface area contributed by atoms with Crippen LogP contribution in [0, 0.1) is 11.8 Å². The molecule has 1 amide bonds. The van der Waals surface area contributed by atoms with Crippen molar-refractivity contribution in [2.45, 2.75) is 51.0 Å². The standard InChI is InChI=1S/C14H24N2O/c17-14(13-6-3-8-15-13)16-9-7-11-4-1-2-5-12(11)10-16/h11-13,15H,1-10H2/t11?,12?,13-/m0/s1. The van der Waals surface area contributed by atoms with Crippen LogP contribution in [0.3, 0.4) is 0 Å². The van der Waals surface area contributed by atoms with Gasteiger partial charge in [-0.15, -0.1) is 0 Å². The van der Waals surface area contributed by atoms with Crippen LogP contribution in [0.4, 0.5) is 0 Å². The number of rotatable bonds is 1. The fourth-order valence-corrected chi connectivity index (χ4v) is 3.92. The second-order valence-electron chi connectivity index (χ2n) is 6.03. The molecular formula is C14H24N2O. The van der Waals surface area contributed by atoms with Gasteiger partial charge in [0.2, 0.25) is 5.91 Å². The zero-order chi connectivity index (χ0) is 11.7. The second-order valence-corrected chi connectivity index (χ2v) is 6.03. The maximum atomic E-state index is 12.3. The molecular weight excluding hydrogens is 212 g/mol. The van der Waals surface area contributed by atoms with Crippen molar-refractivity contribution in [1.82, 2.24) is 10.2 Å². The number of hydrogen-bond acceptors (Lipinski definition) is 2. The highest BCUT2D eigenvalue weighted by Gasteiger charge is 2.35. The summed E-state index contributed by atoms with van der Waals surface area (Å²) in [6.07, 6.45) is 9.02. The van der Waals surface area contributed by atoms with Crippen molar-refractivity contribution in [1.29, 1.82) is 0 Å². The third-order valence-electron chi connectivity index (χ3n) is 4.96. The van der Waals surface area contributed by atoms with E-state index < -0.39 is 0 Å². The number of hydrogen-bond donors (Lipinski definition) is 1. The van der Waals surface area contributed by atoms with Gasteiger partial charge in [-0.2, -0.15) is 0 Å². The third-order valence-corrected chi connectivity index (χ3v) is 4.96. The Bertz CT molecular complexity index is 286. The summed E-state index contributed by atoms with van der Waals surface area (Å²) >= 11 is 0. The van der Waals surface area contributed by atoms with Crippen molar-refractivity contribution in [2.75, 3.05) is 19.6 Å². The van der Waals surface area contributed by atoms with Gasteiger partial charge in [0.1, 0.15) is 0 Å². The van der Waals surface area contributed by atoms with Crippen molar-refractivity contribution in [3.8, 4) is 0 Å². The molecule has 3 atom stereocenters. The monoisotopic (exact) mass is 236 g/mol. The van der Waals surface area contributed by atoms with E-state index in [4.69, 9.17) is 0 Å². The van der Waals surface area contributed by atoms with Crippen LogP contribution < -0.4 is 5.32 Å². The van der Waals surface area contributed by atoms with Crippen molar-refractivity contribution >= 4 is 5.91 Å². The maximum Gasteiger partial charge on any atom is 0.239 e. The summed E-state index contributed by atoms with van der Waals surface area (Å²) in [4.78, 5) is 14.5. The number of amides is 1. The van der Waals surface area contributed by atoms with Crippen molar-refractivity contribution in [2.24, 2.45) is 11.8 Å². The van der Waals surface area contributed by atoms with Crippen LogP contribution in [-0.2, 0) is 4.79 Å². The molecule has 3 fully saturated rings. The SMILES string of the molecule is O=C([C@@H]1CCCN1)N1CCC2CCCCC2C1. The highest BCUT2D eigenvalue weighted by Crippen LogP contribution is 2.36. The lowest BCUT2D eigenvalue weighted by atomic mass is 9.75. The molecule has 0 bridgehead atoms. The maximum absolute atomic E-state index is 12.3. The minimum atomic E-state index is 0.134. The first-order chi connectivity index (χ1) is 8.34. The van der Waals surface area contributed by atoms with Crippen molar-refractivity contribution < 1.29 is 4.79 Å². The number of nitrogens with one attached hydrogen (secondary N) is 1. The van der Waals surface area contributed by atoms with E-state index in [-0.39, 0.29) is 6.04 Å². The average molecular weight is 236 g/mol. The molecule has 3 heteroatoms. The molecule has 3 aliphatic rings. The first-order valence-electron chi connectivity index (χ1n) is 7.37. The van der Waals surface area contributed by atoms with Crippen LogP contribution in [0.25, 0.3) is 0 Å². The molecule has 0 spiro atoms. The molecule has 1 saturated carbocycles. The lowest BCUT2D eigenvalue weighted by Crippen LogP contribution is -2.50. The molecule has 3 nitrogen and oxygen atoms in total. The zero-order valence-corrected chi connectivity index (χ0v) is 10.7. The predicted octanol–water partition coefficient (Wildman–Crippen LogP) is 1.78. The summed E-state index contributed by atoms with van der Waals surface area (Å²) in [7, 11) is 0. The molecule has 2 heterocycles. The van der Waals surface area contributed by atoms with E-state index in [1.807, 2.05) is 0 Å². The number of carbonyl (C=O) groups excluding carboxylic acids is 1. The van der Waals surface area contributed by atoms with Gasteiger partial charge in [0.05, 0.1) is 6.04 Å². The van der Waals surface area contributed by atoms with Gasteiger partial charge in [-0.1, -0.05) is 19.3 Å². The van der Waals surface area contributed by atoms with Gasteiger partial charge >= 0.3 is 0 Å². The molecule has 2 unspecified atom stereocenters. The van der Waals surface area contributed by atoms with Crippen LogP contribution in [-0.4, -0.2) is 36.5 Å². The lowest BCUT2D eigenvalue weighted by molar-refractivity contribution is -0.136. The average Bonchev–Trinajstić information content (AvgIpc) is 2.91. The van der Waals surface area contributed by atoms with Gasteiger partial charge in [-0.05, 0) is 44.1 Å². The Morgan fingerprint density at radius 3 is 2.59 bits per heavy atom. The number of carbonyl (C=O) groups is 1. The van der Waals surface area contributed by atoms with E-state index in [1.165, 1.54) is 32.1 Å². The Hall–Kier alpha value is -0.570. The first-order valence-corrected chi connectivity index (χ1v) is 7.37. The zero-order valence-electron chi connectivity index (χ0n) is 10.7. The summed E-state index contributed by atoms with van der Waals surface area (Å²) in [6.45, 7) is 3.08.